The van der Waals surface area contributed by atoms with Crippen molar-refractivity contribution in [2.75, 3.05) is 18.5 Å². The molecular formula is C12H16N4O3. The zero-order valence-electron chi connectivity index (χ0n) is 10.6. The second kappa shape index (κ2) is 5.23. The SMILES string of the molecule is CC1CCN(C(=O)c2cccc([N+](=O)[O-])c2NN)C1. The molecule has 0 saturated carbocycles. The molecule has 0 spiro atoms. The summed E-state index contributed by atoms with van der Waals surface area (Å²) in [5.74, 6) is 5.56. The van der Waals surface area contributed by atoms with Crippen LogP contribution in [0.5, 0.6) is 0 Å². The van der Waals surface area contributed by atoms with E-state index in [2.05, 4.69) is 12.3 Å². The lowest BCUT2D eigenvalue weighted by atomic mass is 10.1. The average molecular weight is 264 g/mol. The molecule has 1 heterocycles. The molecule has 1 fully saturated rings. The topological polar surface area (TPSA) is 102 Å². The predicted octanol–water partition coefficient (Wildman–Crippen LogP) is 1.36. The van der Waals surface area contributed by atoms with Gasteiger partial charge in [0.1, 0.15) is 5.69 Å². The van der Waals surface area contributed by atoms with Gasteiger partial charge < -0.3 is 10.3 Å². The van der Waals surface area contributed by atoms with Crippen LogP contribution in [-0.2, 0) is 0 Å². The number of nitro groups is 1. The Morgan fingerprint density at radius 3 is 2.84 bits per heavy atom. The molecule has 1 atom stereocenters. The Balaban J connectivity index is 2.36. The van der Waals surface area contributed by atoms with E-state index in [0.29, 0.717) is 19.0 Å². The maximum Gasteiger partial charge on any atom is 0.294 e. The first-order valence-electron chi connectivity index (χ1n) is 6.08. The number of likely N-dealkylation sites (tertiary alicyclic amines) is 1. The third kappa shape index (κ3) is 2.50. The molecule has 1 amide bonds. The van der Waals surface area contributed by atoms with Crippen molar-refractivity contribution in [3.8, 4) is 0 Å². The van der Waals surface area contributed by atoms with Crippen molar-refractivity contribution in [3.05, 3.63) is 33.9 Å². The van der Waals surface area contributed by atoms with Gasteiger partial charge >= 0.3 is 0 Å². The normalized spacial score (nSPS) is 18.4. The van der Waals surface area contributed by atoms with Crippen molar-refractivity contribution in [2.45, 2.75) is 13.3 Å². The maximum absolute atomic E-state index is 12.4. The van der Waals surface area contributed by atoms with E-state index >= 15 is 0 Å². The number of hydrazine groups is 1. The van der Waals surface area contributed by atoms with Crippen LogP contribution in [0.15, 0.2) is 18.2 Å². The van der Waals surface area contributed by atoms with E-state index in [1.165, 1.54) is 12.1 Å². The molecule has 1 saturated heterocycles. The quantitative estimate of drug-likeness (QED) is 0.487. The fourth-order valence-corrected chi connectivity index (χ4v) is 2.31. The Morgan fingerprint density at radius 2 is 2.32 bits per heavy atom. The summed E-state index contributed by atoms with van der Waals surface area (Å²) in [5.41, 5.74) is 2.39. The number of para-hydroxylation sites is 1. The van der Waals surface area contributed by atoms with Gasteiger partial charge in [-0.15, -0.1) is 0 Å². The number of nitrogens with one attached hydrogen (secondary N) is 1. The van der Waals surface area contributed by atoms with Gasteiger partial charge in [0.15, 0.2) is 0 Å². The summed E-state index contributed by atoms with van der Waals surface area (Å²) >= 11 is 0. The zero-order chi connectivity index (χ0) is 14.0. The van der Waals surface area contributed by atoms with Crippen molar-refractivity contribution < 1.29 is 9.72 Å². The summed E-state index contributed by atoms with van der Waals surface area (Å²) in [7, 11) is 0. The molecule has 1 aliphatic heterocycles. The van der Waals surface area contributed by atoms with E-state index in [0.717, 1.165) is 6.42 Å². The van der Waals surface area contributed by atoms with E-state index in [-0.39, 0.29) is 22.8 Å². The fraction of sp³-hybridized carbons (Fsp3) is 0.417. The molecular weight excluding hydrogens is 248 g/mol. The molecule has 2 rings (SSSR count). The molecule has 1 unspecified atom stereocenters. The van der Waals surface area contributed by atoms with Crippen molar-refractivity contribution in [3.63, 3.8) is 0 Å². The maximum atomic E-state index is 12.4. The highest BCUT2D eigenvalue weighted by Crippen LogP contribution is 2.29. The largest absolute Gasteiger partial charge is 0.338 e. The monoisotopic (exact) mass is 264 g/mol. The lowest BCUT2D eigenvalue weighted by Gasteiger charge is -2.17. The van der Waals surface area contributed by atoms with Crippen LogP contribution in [-0.4, -0.2) is 28.8 Å². The molecule has 3 N–H and O–H groups in total. The number of hydrogen-bond acceptors (Lipinski definition) is 5. The minimum absolute atomic E-state index is 0.0667. The van der Waals surface area contributed by atoms with E-state index in [4.69, 9.17) is 5.84 Å². The van der Waals surface area contributed by atoms with Crippen molar-refractivity contribution in [1.82, 2.24) is 4.90 Å². The van der Waals surface area contributed by atoms with Crippen LogP contribution >= 0.6 is 0 Å². The number of anilines is 1. The smallest absolute Gasteiger partial charge is 0.294 e. The number of amides is 1. The Morgan fingerprint density at radius 1 is 1.58 bits per heavy atom. The molecule has 0 radical (unpaired) electrons. The van der Waals surface area contributed by atoms with Gasteiger partial charge in [-0.2, -0.15) is 0 Å². The summed E-state index contributed by atoms with van der Waals surface area (Å²) in [4.78, 5) is 24.4. The Hall–Kier alpha value is -2.15. The molecule has 0 aliphatic carbocycles. The molecule has 102 valence electrons. The molecule has 7 nitrogen and oxygen atoms in total. The number of benzene rings is 1. The number of carbonyl (C=O) groups is 1. The fourth-order valence-electron chi connectivity index (χ4n) is 2.31. The molecule has 0 aromatic heterocycles. The van der Waals surface area contributed by atoms with Gasteiger partial charge in [0, 0.05) is 19.2 Å². The van der Waals surface area contributed by atoms with Crippen LogP contribution in [0.25, 0.3) is 0 Å². The first kappa shape index (κ1) is 13.3. The van der Waals surface area contributed by atoms with Crippen LogP contribution in [0.2, 0.25) is 0 Å². The first-order chi connectivity index (χ1) is 9.04. The van der Waals surface area contributed by atoms with Crippen LogP contribution in [0.1, 0.15) is 23.7 Å². The van der Waals surface area contributed by atoms with Crippen LogP contribution < -0.4 is 11.3 Å². The number of nitrogen functional groups attached to an aromatic ring is 1. The van der Waals surface area contributed by atoms with Gasteiger partial charge in [-0.05, 0) is 18.4 Å². The number of carbonyl (C=O) groups excluding carboxylic acids is 1. The molecule has 1 aromatic rings. The molecule has 1 aliphatic rings. The summed E-state index contributed by atoms with van der Waals surface area (Å²) in [6, 6.07) is 4.36. The highest BCUT2D eigenvalue weighted by molar-refractivity contribution is 6.01. The summed E-state index contributed by atoms with van der Waals surface area (Å²) in [6.45, 7) is 3.42. The Bertz CT molecular complexity index is 518. The summed E-state index contributed by atoms with van der Waals surface area (Å²) in [6.07, 6.45) is 0.950. The summed E-state index contributed by atoms with van der Waals surface area (Å²) < 4.78 is 0. The second-order valence-electron chi connectivity index (χ2n) is 4.75. The predicted molar refractivity (Wildman–Crippen MR) is 70.6 cm³/mol. The third-order valence-corrected chi connectivity index (χ3v) is 3.32. The second-order valence-corrected chi connectivity index (χ2v) is 4.75. The van der Waals surface area contributed by atoms with Crippen molar-refractivity contribution in [1.29, 1.82) is 0 Å². The first-order valence-corrected chi connectivity index (χ1v) is 6.08. The van der Waals surface area contributed by atoms with E-state index in [1.54, 1.807) is 11.0 Å². The highest BCUT2D eigenvalue weighted by atomic mass is 16.6. The van der Waals surface area contributed by atoms with Crippen LogP contribution in [0.4, 0.5) is 11.4 Å². The van der Waals surface area contributed by atoms with E-state index < -0.39 is 4.92 Å². The van der Waals surface area contributed by atoms with E-state index in [9.17, 15) is 14.9 Å². The minimum atomic E-state index is -0.557. The van der Waals surface area contributed by atoms with Gasteiger partial charge in [-0.1, -0.05) is 13.0 Å². The lowest BCUT2D eigenvalue weighted by molar-refractivity contribution is -0.384. The molecule has 7 heteroatoms. The Labute approximate surface area is 110 Å². The zero-order valence-corrected chi connectivity index (χ0v) is 10.6. The van der Waals surface area contributed by atoms with E-state index in [1.807, 2.05) is 0 Å². The average Bonchev–Trinajstić information content (AvgIpc) is 2.83. The summed E-state index contributed by atoms with van der Waals surface area (Å²) in [5, 5.41) is 10.9. The van der Waals surface area contributed by atoms with Gasteiger partial charge in [-0.3, -0.25) is 20.8 Å². The third-order valence-electron chi connectivity index (χ3n) is 3.32. The minimum Gasteiger partial charge on any atom is -0.338 e. The highest BCUT2D eigenvalue weighted by Gasteiger charge is 2.28. The Kier molecular flexibility index (Phi) is 3.66. The lowest BCUT2D eigenvalue weighted by Crippen LogP contribution is -2.29. The number of nitrogens with zero attached hydrogens (tertiary/aromatic N) is 2. The van der Waals surface area contributed by atoms with Gasteiger partial charge in [-0.25, -0.2) is 0 Å². The number of nitrogens with two attached hydrogens (primary N) is 1. The van der Waals surface area contributed by atoms with Crippen LogP contribution in [0, 0.1) is 16.0 Å². The molecule has 1 aromatic carbocycles. The standard InChI is InChI=1S/C12H16N4O3/c1-8-5-6-15(7-8)12(17)9-3-2-4-10(16(18)19)11(9)14-13/h2-4,8,14H,5-7,13H2,1H3. The molecule has 0 bridgehead atoms. The molecule has 19 heavy (non-hydrogen) atoms. The van der Waals surface area contributed by atoms with Crippen molar-refractivity contribution >= 4 is 17.3 Å². The van der Waals surface area contributed by atoms with Crippen LogP contribution in [0.3, 0.4) is 0 Å². The number of hydrogen-bond donors (Lipinski definition) is 2. The van der Waals surface area contributed by atoms with Gasteiger partial charge in [0.25, 0.3) is 11.6 Å². The van der Waals surface area contributed by atoms with Gasteiger partial charge in [0.2, 0.25) is 0 Å². The number of nitro benzene ring substituents is 1. The van der Waals surface area contributed by atoms with Gasteiger partial charge in [0.05, 0.1) is 10.5 Å². The number of rotatable bonds is 3. The van der Waals surface area contributed by atoms with Crippen molar-refractivity contribution in [2.24, 2.45) is 11.8 Å².